The van der Waals surface area contributed by atoms with Crippen LogP contribution < -0.4 is 14.8 Å². The van der Waals surface area contributed by atoms with Crippen molar-refractivity contribution in [1.82, 2.24) is 10.3 Å². The van der Waals surface area contributed by atoms with Crippen LogP contribution in [0.15, 0.2) is 41.7 Å². The zero-order valence-electron chi connectivity index (χ0n) is 14.3. The van der Waals surface area contributed by atoms with Crippen LogP contribution in [0.1, 0.15) is 28.9 Å². The van der Waals surface area contributed by atoms with E-state index in [0.29, 0.717) is 17.9 Å². The average Bonchev–Trinajstić information content (AvgIpc) is 3.16. The van der Waals surface area contributed by atoms with E-state index in [2.05, 4.69) is 16.9 Å². The van der Waals surface area contributed by atoms with Crippen LogP contribution in [0, 0.1) is 0 Å². The van der Waals surface area contributed by atoms with Crippen LogP contribution in [0.25, 0.3) is 0 Å². The molecular formula is C18H20N2O5S. The van der Waals surface area contributed by atoms with E-state index in [-0.39, 0.29) is 18.6 Å². The van der Waals surface area contributed by atoms with Crippen molar-refractivity contribution in [3.63, 3.8) is 0 Å². The molecule has 8 heteroatoms. The van der Waals surface area contributed by atoms with Gasteiger partial charge < -0.3 is 19.9 Å². The predicted molar refractivity (Wildman–Crippen MR) is 97.8 cm³/mol. The molecule has 1 amide bonds. The number of rotatable bonds is 10. The summed E-state index contributed by atoms with van der Waals surface area (Å²) in [5.74, 6) is -0.731. The highest BCUT2D eigenvalue weighted by atomic mass is 32.1. The van der Waals surface area contributed by atoms with Crippen LogP contribution in [0.5, 0.6) is 11.5 Å². The summed E-state index contributed by atoms with van der Waals surface area (Å²) in [6.45, 7) is 3.84. The smallest absolute Gasteiger partial charge is 0.326 e. The Morgan fingerprint density at radius 3 is 2.85 bits per heavy atom. The van der Waals surface area contributed by atoms with Gasteiger partial charge in [0.25, 0.3) is 5.91 Å². The molecule has 0 aliphatic rings. The Kier molecular flexibility index (Phi) is 7.16. The average molecular weight is 376 g/mol. The number of amides is 1. The van der Waals surface area contributed by atoms with Gasteiger partial charge in [0.15, 0.2) is 11.5 Å². The summed E-state index contributed by atoms with van der Waals surface area (Å²) < 4.78 is 10.9. The highest BCUT2D eigenvalue weighted by Crippen LogP contribution is 2.29. The Balaban J connectivity index is 2.07. The molecule has 0 saturated carbocycles. The SMILES string of the molecule is C=CCCC(NC(=O)c1ccc(OCc2cscn2)c(OC)c1)C(=O)O. The molecule has 2 aromatic rings. The Morgan fingerprint density at radius 1 is 1.42 bits per heavy atom. The topological polar surface area (TPSA) is 97.8 Å². The van der Waals surface area contributed by atoms with Gasteiger partial charge in [-0.3, -0.25) is 4.79 Å². The maximum Gasteiger partial charge on any atom is 0.326 e. The van der Waals surface area contributed by atoms with E-state index >= 15 is 0 Å². The fourth-order valence-corrected chi connectivity index (χ4v) is 2.72. The number of carboxylic acids is 1. The molecule has 1 aromatic carbocycles. The first-order chi connectivity index (χ1) is 12.5. The molecule has 138 valence electrons. The molecule has 0 radical (unpaired) electrons. The lowest BCUT2D eigenvalue weighted by molar-refractivity contribution is -0.139. The number of hydrogen-bond acceptors (Lipinski definition) is 6. The Morgan fingerprint density at radius 2 is 2.23 bits per heavy atom. The van der Waals surface area contributed by atoms with E-state index in [1.807, 2.05) is 5.38 Å². The van der Waals surface area contributed by atoms with E-state index in [9.17, 15) is 14.7 Å². The van der Waals surface area contributed by atoms with Gasteiger partial charge in [-0.05, 0) is 31.0 Å². The van der Waals surface area contributed by atoms with Gasteiger partial charge >= 0.3 is 5.97 Å². The summed E-state index contributed by atoms with van der Waals surface area (Å²) in [4.78, 5) is 27.7. The molecule has 7 nitrogen and oxygen atoms in total. The second-order valence-corrected chi connectivity index (χ2v) is 6.08. The second-order valence-electron chi connectivity index (χ2n) is 5.36. The first kappa shape index (κ1) is 19.5. The minimum atomic E-state index is -1.09. The zero-order valence-corrected chi connectivity index (χ0v) is 15.1. The molecule has 1 aromatic heterocycles. The van der Waals surface area contributed by atoms with E-state index in [4.69, 9.17) is 9.47 Å². The molecule has 0 aliphatic heterocycles. The first-order valence-corrected chi connectivity index (χ1v) is 8.82. The van der Waals surface area contributed by atoms with Crippen LogP contribution in [-0.2, 0) is 11.4 Å². The molecule has 1 heterocycles. The van der Waals surface area contributed by atoms with Gasteiger partial charge in [0.2, 0.25) is 0 Å². The number of methoxy groups -OCH3 is 1. The highest BCUT2D eigenvalue weighted by molar-refractivity contribution is 7.07. The molecule has 0 bridgehead atoms. The van der Waals surface area contributed by atoms with Crippen molar-refractivity contribution in [2.45, 2.75) is 25.5 Å². The van der Waals surface area contributed by atoms with Crippen molar-refractivity contribution in [3.05, 3.63) is 53.0 Å². The summed E-state index contributed by atoms with van der Waals surface area (Å²) in [5, 5.41) is 13.6. The minimum absolute atomic E-state index is 0.274. The number of carboxylic acid groups (broad SMARTS) is 1. The van der Waals surface area contributed by atoms with Gasteiger partial charge in [0.1, 0.15) is 12.6 Å². The summed E-state index contributed by atoms with van der Waals surface area (Å²) in [5.41, 5.74) is 2.80. The number of nitrogens with zero attached hydrogens (tertiary/aromatic N) is 1. The molecule has 1 unspecified atom stereocenters. The van der Waals surface area contributed by atoms with Crippen LogP contribution in [0.3, 0.4) is 0 Å². The van der Waals surface area contributed by atoms with Crippen molar-refractivity contribution < 1.29 is 24.2 Å². The van der Waals surface area contributed by atoms with Gasteiger partial charge in [0.05, 0.1) is 18.3 Å². The first-order valence-electron chi connectivity index (χ1n) is 7.87. The summed E-state index contributed by atoms with van der Waals surface area (Å²) >= 11 is 1.48. The van der Waals surface area contributed by atoms with Crippen molar-refractivity contribution in [2.24, 2.45) is 0 Å². The normalized spacial score (nSPS) is 11.4. The number of carbonyl (C=O) groups is 2. The number of aliphatic carboxylic acids is 1. The quantitative estimate of drug-likeness (QED) is 0.619. The van der Waals surface area contributed by atoms with Crippen LogP contribution in [0.2, 0.25) is 0 Å². The molecular weight excluding hydrogens is 356 g/mol. The molecule has 26 heavy (non-hydrogen) atoms. The number of nitrogens with one attached hydrogen (secondary N) is 1. The van der Waals surface area contributed by atoms with Gasteiger partial charge in [0, 0.05) is 10.9 Å². The summed E-state index contributed by atoms with van der Waals surface area (Å²) in [6, 6.07) is 3.70. The maximum atomic E-state index is 12.3. The van der Waals surface area contributed by atoms with Gasteiger partial charge in [-0.1, -0.05) is 6.08 Å². The summed E-state index contributed by atoms with van der Waals surface area (Å²) in [6.07, 6.45) is 2.38. The minimum Gasteiger partial charge on any atom is -0.493 e. The van der Waals surface area contributed by atoms with Gasteiger partial charge in [-0.2, -0.15) is 0 Å². The lowest BCUT2D eigenvalue weighted by Gasteiger charge is -2.15. The van der Waals surface area contributed by atoms with E-state index in [0.717, 1.165) is 5.69 Å². The number of allylic oxidation sites excluding steroid dienone is 1. The third kappa shape index (κ3) is 5.32. The van der Waals surface area contributed by atoms with Gasteiger partial charge in [-0.15, -0.1) is 17.9 Å². The summed E-state index contributed by atoms with van der Waals surface area (Å²) in [7, 11) is 1.47. The standard InChI is InChI=1S/C18H20N2O5S/c1-3-4-5-14(18(22)23)20-17(21)12-6-7-15(16(8-12)24-2)25-9-13-10-26-11-19-13/h3,6-8,10-11,14H,1,4-5,9H2,2H3,(H,20,21)(H,22,23). The number of benzene rings is 1. The number of hydrogen-bond donors (Lipinski definition) is 2. The molecule has 0 fully saturated rings. The highest BCUT2D eigenvalue weighted by Gasteiger charge is 2.20. The zero-order chi connectivity index (χ0) is 18.9. The van der Waals surface area contributed by atoms with Crippen molar-refractivity contribution >= 4 is 23.2 Å². The largest absolute Gasteiger partial charge is 0.493 e. The molecule has 2 N–H and O–H groups in total. The molecule has 0 saturated heterocycles. The van der Waals surface area contributed by atoms with Gasteiger partial charge in [-0.25, -0.2) is 9.78 Å². The molecule has 1 atom stereocenters. The van der Waals surface area contributed by atoms with Crippen LogP contribution >= 0.6 is 11.3 Å². The van der Waals surface area contributed by atoms with Crippen molar-refractivity contribution in [3.8, 4) is 11.5 Å². The Hall–Kier alpha value is -2.87. The Bertz CT molecular complexity index is 761. The third-order valence-electron chi connectivity index (χ3n) is 3.55. The van der Waals surface area contributed by atoms with Crippen molar-refractivity contribution in [2.75, 3.05) is 7.11 Å². The third-order valence-corrected chi connectivity index (χ3v) is 4.18. The maximum absolute atomic E-state index is 12.3. The predicted octanol–water partition coefficient (Wildman–Crippen LogP) is 2.88. The molecule has 0 aliphatic carbocycles. The lowest BCUT2D eigenvalue weighted by Crippen LogP contribution is -2.40. The Labute approximate surface area is 155 Å². The van der Waals surface area contributed by atoms with Crippen LogP contribution in [0.4, 0.5) is 0 Å². The fraction of sp³-hybridized carbons (Fsp3) is 0.278. The number of ether oxygens (including phenoxy) is 2. The number of carbonyl (C=O) groups excluding carboxylic acids is 1. The molecule has 0 spiro atoms. The van der Waals surface area contributed by atoms with E-state index in [1.165, 1.54) is 24.5 Å². The lowest BCUT2D eigenvalue weighted by atomic mass is 10.1. The monoisotopic (exact) mass is 376 g/mol. The second kappa shape index (κ2) is 9.57. The van der Waals surface area contributed by atoms with E-state index < -0.39 is 17.9 Å². The van der Waals surface area contributed by atoms with E-state index in [1.54, 1.807) is 23.7 Å². The fourth-order valence-electron chi connectivity index (χ4n) is 2.17. The van der Waals surface area contributed by atoms with Crippen LogP contribution in [-0.4, -0.2) is 35.1 Å². The number of thiazole rings is 1. The molecule has 2 rings (SSSR count). The van der Waals surface area contributed by atoms with Crippen molar-refractivity contribution in [1.29, 1.82) is 0 Å². The number of aromatic nitrogens is 1.